The monoisotopic (exact) mass is 297 g/mol. The molecule has 21 heavy (non-hydrogen) atoms. The largest absolute Gasteiger partial charge is 0.463 e. The molecular weight excluding hydrogens is 278 g/mol. The van der Waals surface area contributed by atoms with Gasteiger partial charge in [0, 0.05) is 6.92 Å². The van der Waals surface area contributed by atoms with Crippen molar-refractivity contribution in [1.82, 2.24) is 5.32 Å². The standard InChI is InChI=1S/C14H19NO6/c1-8(17)15-11-13(19)12(18)10(7-16)21-14(11)20-9-5-3-2-4-6-9/h2-6,10-14,16,18-19H,7H2,1H3,(H,15,17)/t10-,11-,12+,13-,14+/m0/s1. The van der Waals surface area contributed by atoms with Crippen LogP contribution in [-0.2, 0) is 9.53 Å². The molecule has 1 saturated heterocycles. The first-order valence-corrected chi connectivity index (χ1v) is 6.64. The van der Waals surface area contributed by atoms with Crippen LogP contribution in [0.1, 0.15) is 6.92 Å². The van der Waals surface area contributed by atoms with E-state index in [0.29, 0.717) is 5.75 Å². The van der Waals surface area contributed by atoms with Crippen LogP contribution in [-0.4, -0.2) is 58.5 Å². The smallest absolute Gasteiger partial charge is 0.223 e. The summed E-state index contributed by atoms with van der Waals surface area (Å²) in [6.45, 7) is 0.816. The van der Waals surface area contributed by atoms with Gasteiger partial charge in [0.25, 0.3) is 0 Å². The zero-order chi connectivity index (χ0) is 15.4. The lowest BCUT2D eigenvalue weighted by Crippen LogP contribution is -2.65. The number of aliphatic hydroxyl groups excluding tert-OH is 3. The third kappa shape index (κ3) is 3.70. The number of amides is 1. The van der Waals surface area contributed by atoms with Gasteiger partial charge in [-0.3, -0.25) is 4.79 Å². The number of nitrogens with one attached hydrogen (secondary N) is 1. The average molecular weight is 297 g/mol. The summed E-state index contributed by atoms with van der Waals surface area (Å²) in [6.07, 6.45) is -4.64. The number of carbonyl (C=O) groups is 1. The Hall–Kier alpha value is -1.67. The normalized spacial score (nSPS) is 32.5. The zero-order valence-electron chi connectivity index (χ0n) is 11.5. The third-order valence-electron chi connectivity index (χ3n) is 3.25. The second-order valence-electron chi connectivity index (χ2n) is 4.86. The molecule has 0 unspecified atom stereocenters. The molecule has 1 amide bonds. The second-order valence-corrected chi connectivity index (χ2v) is 4.86. The summed E-state index contributed by atoms with van der Waals surface area (Å²) >= 11 is 0. The van der Waals surface area contributed by atoms with Gasteiger partial charge in [-0.1, -0.05) is 18.2 Å². The van der Waals surface area contributed by atoms with Crippen molar-refractivity contribution in [3.05, 3.63) is 30.3 Å². The van der Waals surface area contributed by atoms with Crippen molar-refractivity contribution in [2.45, 2.75) is 37.6 Å². The topological polar surface area (TPSA) is 108 Å². The minimum Gasteiger partial charge on any atom is -0.463 e. The first-order chi connectivity index (χ1) is 10.0. The van der Waals surface area contributed by atoms with Gasteiger partial charge < -0.3 is 30.1 Å². The predicted molar refractivity (Wildman–Crippen MR) is 72.4 cm³/mol. The van der Waals surface area contributed by atoms with E-state index < -0.39 is 37.3 Å². The van der Waals surface area contributed by atoms with Gasteiger partial charge in [-0.05, 0) is 12.1 Å². The van der Waals surface area contributed by atoms with Gasteiger partial charge in [0.2, 0.25) is 12.2 Å². The number of ether oxygens (including phenoxy) is 2. The van der Waals surface area contributed by atoms with Gasteiger partial charge in [-0.25, -0.2) is 0 Å². The molecule has 0 radical (unpaired) electrons. The Morgan fingerprint density at radius 3 is 2.52 bits per heavy atom. The van der Waals surface area contributed by atoms with Crippen molar-refractivity contribution in [2.75, 3.05) is 6.61 Å². The van der Waals surface area contributed by atoms with E-state index in [-0.39, 0.29) is 5.91 Å². The van der Waals surface area contributed by atoms with Crippen LogP contribution >= 0.6 is 0 Å². The van der Waals surface area contributed by atoms with Crippen LogP contribution in [0.4, 0.5) is 0 Å². The molecule has 1 aromatic rings. The van der Waals surface area contributed by atoms with Gasteiger partial charge >= 0.3 is 0 Å². The number of para-hydroxylation sites is 1. The predicted octanol–water partition coefficient (Wildman–Crippen LogP) is -0.991. The van der Waals surface area contributed by atoms with Crippen molar-refractivity contribution in [3.8, 4) is 5.75 Å². The highest BCUT2D eigenvalue weighted by Gasteiger charge is 2.45. The lowest BCUT2D eigenvalue weighted by atomic mass is 9.97. The van der Waals surface area contributed by atoms with Crippen LogP contribution in [0.2, 0.25) is 0 Å². The number of aliphatic hydroxyl groups is 3. The summed E-state index contributed by atoms with van der Waals surface area (Å²) in [5.41, 5.74) is 0. The minimum atomic E-state index is -1.32. The van der Waals surface area contributed by atoms with E-state index in [0.717, 1.165) is 0 Å². The average Bonchev–Trinajstić information content (AvgIpc) is 2.47. The molecule has 116 valence electrons. The summed E-state index contributed by atoms with van der Waals surface area (Å²) in [5, 5.41) is 31.7. The summed E-state index contributed by atoms with van der Waals surface area (Å²) in [6, 6.07) is 7.79. The first kappa shape index (κ1) is 15.7. The lowest BCUT2D eigenvalue weighted by Gasteiger charge is -2.42. The molecule has 0 aliphatic carbocycles. The van der Waals surface area contributed by atoms with Crippen LogP contribution in [0.25, 0.3) is 0 Å². The highest BCUT2D eigenvalue weighted by atomic mass is 16.7. The number of hydrogen-bond acceptors (Lipinski definition) is 6. The highest BCUT2D eigenvalue weighted by molar-refractivity contribution is 5.73. The molecular formula is C14H19NO6. The Balaban J connectivity index is 2.18. The van der Waals surface area contributed by atoms with E-state index in [4.69, 9.17) is 9.47 Å². The van der Waals surface area contributed by atoms with Crippen molar-refractivity contribution in [1.29, 1.82) is 0 Å². The molecule has 0 spiro atoms. The molecule has 1 aromatic carbocycles. The van der Waals surface area contributed by atoms with Crippen molar-refractivity contribution >= 4 is 5.91 Å². The van der Waals surface area contributed by atoms with Crippen molar-refractivity contribution < 1.29 is 29.6 Å². The Kier molecular flexibility index (Phi) is 5.13. The van der Waals surface area contributed by atoms with E-state index in [1.807, 2.05) is 6.07 Å². The van der Waals surface area contributed by atoms with Crippen LogP contribution in [0.3, 0.4) is 0 Å². The molecule has 4 N–H and O–H groups in total. The molecule has 1 heterocycles. The summed E-state index contributed by atoms with van der Waals surface area (Å²) in [7, 11) is 0. The fraction of sp³-hybridized carbons (Fsp3) is 0.500. The van der Waals surface area contributed by atoms with Gasteiger partial charge in [0.15, 0.2) is 0 Å². The van der Waals surface area contributed by atoms with Crippen LogP contribution in [0.5, 0.6) is 5.75 Å². The SMILES string of the molecule is CC(=O)N[C@@H]1[C@H](Oc2ccccc2)O[C@@H](CO)[C@@H](O)[C@H]1O. The summed E-state index contributed by atoms with van der Waals surface area (Å²) in [4.78, 5) is 11.2. The molecule has 1 fully saturated rings. The highest BCUT2D eigenvalue weighted by Crippen LogP contribution is 2.24. The molecule has 1 aliphatic heterocycles. The van der Waals surface area contributed by atoms with Gasteiger partial charge in [0.1, 0.15) is 30.1 Å². The van der Waals surface area contributed by atoms with Crippen LogP contribution in [0.15, 0.2) is 30.3 Å². The Labute approximate surface area is 122 Å². The maximum Gasteiger partial charge on any atom is 0.223 e. The quantitative estimate of drug-likeness (QED) is 0.568. The molecule has 5 atom stereocenters. The molecule has 1 aliphatic rings. The molecule has 0 saturated carbocycles. The van der Waals surface area contributed by atoms with E-state index >= 15 is 0 Å². The van der Waals surface area contributed by atoms with E-state index in [9.17, 15) is 20.1 Å². The van der Waals surface area contributed by atoms with Gasteiger partial charge in [-0.2, -0.15) is 0 Å². The first-order valence-electron chi connectivity index (χ1n) is 6.64. The molecule has 7 heteroatoms. The van der Waals surface area contributed by atoms with Crippen molar-refractivity contribution in [2.24, 2.45) is 0 Å². The maximum atomic E-state index is 11.2. The van der Waals surface area contributed by atoms with Crippen LogP contribution in [0, 0.1) is 0 Å². The van der Waals surface area contributed by atoms with Gasteiger partial charge in [0.05, 0.1) is 6.61 Å². The van der Waals surface area contributed by atoms with Crippen molar-refractivity contribution in [3.63, 3.8) is 0 Å². The van der Waals surface area contributed by atoms with Gasteiger partial charge in [-0.15, -0.1) is 0 Å². The minimum absolute atomic E-state index is 0.390. The Morgan fingerprint density at radius 2 is 1.95 bits per heavy atom. The fourth-order valence-electron chi connectivity index (χ4n) is 2.20. The summed E-state index contributed by atoms with van der Waals surface area (Å²) in [5.74, 6) is 0.0945. The molecule has 0 bridgehead atoms. The number of hydrogen-bond donors (Lipinski definition) is 4. The number of carbonyl (C=O) groups excluding carboxylic acids is 1. The maximum absolute atomic E-state index is 11.2. The second kappa shape index (κ2) is 6.86. The zero-order valence-corrected chi connectivity index (χ0v) is 11.5. The van der Waals surface area contributed by atoms with E-state index in [1.54, 1.807) is 24.3 Å². The summed E-state index contributed by atoms with van der Waals surface area (Å²) < 4.78 is 11.0. The molecule has 0 aromatic heterocycles. The van der Waals surface area contributed by atoms with E-state index in [1.165, 1.54) is 6.92 Å². The fourth-order valence-corrected chi connectivity index (χ4v) is 2.20. The third-order valence-corrected chi connectivity index (χ3v) is 3.25. The molecule has 7 nitrogen and oxygen atoms in total. The number of benzene rings is 1. The lowest BCUT2D eigenvalue weighted by molar-refractivity contribution is -0.244. The Bertz CT molecular complexity index is 468. The van der Waals surface area contributed by atoms with Crippen LogP contribution < -0.4 is 10.1 Å². The Morgan fingerprint density at radius 1 is 1.29 bits per heavy atom. The molecule has 2 rings (SSSR count). The van der Waals surface area contributed by atoms with E-state index in [2.05, 4.69) is 5.32 Å². The number of rotatable bonds is 4.